The van der Waals surface area contributed by atoms with E-state index < -0.39 is 11.5 Å². The number of primary amides is 1. The van der Waals surface area contributed by atoms with Crippen LogP contribution in [0.4, 0.5) is 0 Å². The van der Waals surface area contributed by atoms with Gasteiger partial charge in [0.15, 0.2) is 0 Å². The molecule has 172 valence electrons. The molecule has 0 bridgehead atoms. The third kappa shape index (κ3) is 4.14. The van der Waals surface area contributed by atoms with E-state index in [-0.39, 0.29) is 0 Å². The highest BCUT2D eigenvalue weighted by Gasteiger charge is 2.49. The third-order valence-corrected chi connectivity index (χ3v) is 8.54. The van der Waals surface area contributed by atoms with Crippen molar-refractivity contribution in [1.82, 2.24) is 9.88 Å². The fourth-order valence-corrected chi connectivity index (χ4v) is 6.62. The molecule has 3 atom stereocenters. The summed E-state index contributed by atoms with van der Waals surface area (Å²) < 4.78 is 11.9. The summed E-state index contributed by atoms with van der Waals surface area (Å²) in [7, 11) is 1.83. The zero-order valence-corrected chi connectivity index (χ0v) is 19.4. The van der Waals surface area contributed by atoms with E-state index >= 15 is 0 Å². The second kappa shape index (κ2) is 9.16. The number of aromatic nitrogens is 1. The van der Waals surface area contributed by atoms with Gasteiger partial charge in [0.1, 0.15) is 5.69 Å². The fourth-order valence-electron chi connectivity index (χ4n) is 6.62. The topological polar surface area (TPSA) is 77.7 Å². The minimum Gasteiger partial charge on any atom is -0.380 e. The molecule has 1 aromatic heterocycles. The molecule has 6 nitrogen and oxygen atoms in total. The van der Waals surface area contributed by atoms with E-state index in [1.54, 1.807) is 6.20 Å². The summed E-state index contributed by atoms with van der Waals surface area (Å²) in [6.07, 6.45) is 10.3. The second-order valence-electron chi connectivity index (χ2n) is 10.1. The van der Waals surface area contributed by atoms with Gasteiger partial charge in [-0.3, -0.25) is 9.78 Å². The summed E-state index contributed by atoms with van der Waals surface area (Å²) >= 11 is 0. The molecule has 1 spiro atoms. The Balaban J connectivity index is 1.57. The van der Waals surface area contributed by atoms with Gasteiger partial charge in [0.2, 0.25) is 0 Å². The molecule has 4 rings (SSSR count). The highest BCUT2D eigenvalue weighted by atomic mass is 16.5. The van der Waals surface area contributed by atoms with Crippen molar-refractivity contribution in [2.45, 2.75) is 70.4 Å². The number of hydrogen-bond donors (Lipinski definition) is 1. The van der Waals surface area contributed by atoms with Crippen molar-refractivity contribution in [3.05, 3.63) is 29.6 Å². The van der Waals surface area contributed by atoms with E-state index in [1.165, 1.54) is 32.1 Å². The number of nitrogens with two attached hydrogens (primary N) is 1. The Kier molecular flexibility index (Phi) is 6.71. The second-order valence-corrected chi connectivity index (χ2v) is 10.1. The fraction of sp³-hybridized carbons (Fsp3) is 0.760. The smallest absolute Gasteiger partial charge is 0.267 e. The molecule has 3 unspecified atom stereocenters. The van der Waals surface area contributed by atoms with Crippen LogP contribution >= 0.6 is 0 Å². The molecule has 0 aromatic carbocycles. The minimum atomic E-state index is -0.487. The lowest BCUT2D eigenvalue weighted by molar-refractivity contribution is -0.148. The van der Waals surface area contributed by atoms with E-state index in [9.17, 15) is 4.79 Å². The molecular weight excluding hydrogens is 390 g/mol. The Morgan fingerprint density at radius 1 is 1.29 bits per heavy atom. The summed E-state index contributed by atoms with van der Waals surface area (Å²) in [5.41, 5.74) is 6.96. The summed E-state index contributed by atoms with van der Waals surface area (Å²) in [6, 6.07) is 4.52. The predicted molar refractivity (Wildman–Crippen MR) is 121 cm³/mol. The molecule has 0 radical (unpaired) electrons. The Labute approximate surface area is 186 Å². The molecule has 1 saturated heterocycles. The molecule has 1 aromatic rings. The number of nitrogens with zero attached hydrogens (tertiary/aromatic N) is 2. The highest BCUT2D eigenvalue weighted by molar-refractivity contribution is 5.90. The zero-order chi connectivity index (χ0) is 22.1. The number of ether oxygens (including phenoxy) is 2. The van der Waals surface area contributed by atoms with Gasteiger partial charge in [-0.05, 0) is 68.7 Å². The monoisotopic (exact) mass is 429 g/mol. The SMILES string of the molecule is CCN(CC1CCCC(C)C1(OC)c1ccnc(C(N)=O)c1)C1CCC2(CC1)COC2. The van der Waals surface area contributed by atoms with Crippen LogP contribution in [0.15, 0.2) is 18.3 Å². The predicted octanol–water partition coefficient (Wildman–Crippen LogP) is 3.74. The van der Waals surface area contributed by atoms with Crippen molar-refractivity contribution in [2.75, 3.05) is 33.4 Å². The number of amides is 1. The number of rotatable bonds is 7. The van der Waals surface area contributed by atoms with E-state index in [4.69, 9.17) is 15.2 Å². The molecule has 2 heterocycles. The minimum absolute atomic E-state index is 0.318. The van der Waals surface area contributed by atoms with Crippen molar-refractivity contribution in [1.29, 1.82) is 0 Å². The van der Waals surface area contributed by atoms with Crippen LogP contribution in [-0.2, 0) is 15.1 Å². The lowest BCUT2D eigenvalue weighted by atomic mass is 9.65. The summed E-state index contributed by atoms with van der Waals surface area (Å²) in [6.45, 7) is 8.58. The standard InChI is InChI=1S/C25H39N3O3/c1-4-28(21-8-11-24(12-9-21)16-31-17-24)15-20-7-5-6-18(2)25(20,30-3)19-10-13-27-22(14-19)23(26)29/h10,13-14,18,20-21H,4-9,11-12,15-17H2,1-3H3,(H2,26,29). The molecule has 2 N–H and O–H groups in total. The summed E-state index contributed by atoms with van der Waals surface area (Å²) in [4.78, 5) is 18.7. The van der Waals surface area contributed by atoms with Crippen molar-refractivity contribution >= 4 is 5.91 Å². The number of carbonyl (C=O) groups excluding carboxylic acids is 1. The Hall–Kier alpha value is -1.50. The van der Waals surface area contributed by atoms with Crippen LogP contribution < -0.4 is 5.73 Å². The van der Waals surface area contributed by atoms with Crippen LogP contribution in [0.3, 0.4) is 0 Å². The van der Waals surface area contributed by atoms with Crippen molar-refractivity contribution in [3.63, 3.8) is 0 Å². The summed E-state index contributed by atoms with van der Waals surface area (Å²) in [5.74, 6) is 0.242. The Bertz CT molecular complexity index is 771. The van der Waals surface area contributed by atoms with Crippen molar-refractivity contribution in [2.24, 2.45) is 23.0 Å². The molecule has 3 aliphatic rings. The molecule has 31 heavy (non-hydrogen) atoms. The highest BCUT2D eigenvalue weighted by Crippen LogP contribution is 2.49. The van der Waals surface area contributed by atoms with Crippen LogP contribution in [-0.4, -0.2) is 55.2 Å². The average molecular weight is 430 g/mol. The molecule has 3 fully saturated rings. The first-order chi connectivity index (χ1) is 14.9. The molecule has 6 heteroatoms. The van der Waals surface area contributed by atoms with Crippen LogP contribution in [0.5, 0.6) is 0 Å². The largest absolute Gasteiger partial charge is 0.380 e. The molecule has 2 aliphatic carbocycles. The van der Waals surface area contributed by atoms with Crippen molar-refractivity contribution in [3.8, 4) is 0 Å². The van der Waals surface area contributed by atoms with Crippen LogP contribution in [0, 0.1) is 17.3 Å². The van der Waals surface area contributed by atoms with Gasteiger partial charge in [-0.2, -0.15) is 0 Å². The van der Waals surface area contributed by atoms with Gasteiger partial charge < -0.3 is 20.1 Å². The Morgan fingerprint density at radius 3 is 2.61 bits per heavy atom. The summed E-state index contributed by atoms with van der Waals surface area (Å²) in [5, 5.41) is 0. The van der Waals surface area contributed by atoms with Gasteiger partial charge in [-0.15, -0.1) is 0 Å². The van der Waals surface area contributed by atoms with Crippen LogP contribution in [0.2, 0.25) is 0 Å². The quantitative estimate of drug-likeness (QED) is 0.714. The number of methoxy groups -OCH3 is 1. The van der Waals surface area contributed by atoms with Gasteiger partial charge in [0, 0.05) is 37.2 Å². The van der Waals surface area contributed by atoms with Crippen LogP contribution in [0.1, 0.15) is 74.8 Å². The molecule has 1 aliphatic heterocycles. The number of carbonyl (C=O) groups is 1. The first kappa shape index (κ1) is 22.7. The maximum atomic E-state index is 11.8. The van der Waals surface area contributed by atoms with Crippen molar-refractivity contribution < 1.29 is 14.3 Å². The maximum Gasteiger partial charge on any atom is 0.267 e. The molecular formula is C25H39N3O3. The van der Waals surface area contributed by atoms with Gasteiger partial charge in [0.25, 0.3) is 5.91 Å². The number of pyridine rings is 1. The first-order valence-corrected chi connectivity index (χ1v) is 12.1. The van der Waals surface area contributed by atoms with E-state index in [2.05, 4.69) is 23.7 Å². The first-order valence-electron chi connectivity index (χ1n) is 12.1. The third-order valence-electron chi connectivity index (χ3n) is 8.54. The zero-order valence-electron chi connectivity index (χ0n) is 19.4. The normalized spacial score (nSPS) is 31.0. The van der Waals surface area contributed by atoms with E-state index in [0.717, 1.165) is 44.7 Å². The van der Waals surface area contributed by atoms with Gasteiger partial charge >= 0.3 is 0 Å². The maximum absolute atomic E-state index is 11.8. The van der Waals surface area contributed by atoms with Gasteiger partial charge in [-0.1, -0.05) is 20.3 Å². The Morgan fingerprint density at radius 2 is 2.03 bits per heavy atom. The lowest BCUT2D eigenvalue weighted by Crippen LogP contribution is -2.53. The lowest BCUT2D eigenvalue weighted by Gasteiger charge is -2.52. The van der Waals surface area contributed by atoms with Gasteiger partial charge in [-0.25, -0.2) is 0 Å². The van der Waals surface area contributed by atoms with Crippen LogP contribution in [0.25, 0.3) is 0 Å². The molecule has 1 amide bonds. The average Bonchev–Trinajstić information content (AvgIpc) is 2.77. The van der Waals surface area contributed by atoms with E-state index in [1.807, 2.05) is 19.2 Å². The molecule has 2 saturated carbocycles. The van der Waals surface area contributed by atoms with Gasteiger partial charge in [0.05, 0.1) is 18.8 Å². The number of hydrogen-bond acceptors (Lipinski definition) is 5. The van der Waals surface area contributed by atoms with E-state index in [0.29, 0.717) is 29.0 Å².